The Morgan fingerprint density at radius 1 is 1.28 bits per heavy atom. The number of nitrogens with two attached hydrogens (primary N) is 2. The fraction of sp³-hybridized carbons (Fsp3) is 0.0909. The topological polar surface area (TPSA) is 97.4 Å². The molecule has 6 nitrogen and oxygen atoms in total. The number of aromatic nitrogens is 1. The van der Waals surface area contributed by atoms with E-state index in [1.165, 1.54) is 11.3 Å². The molecule has 2 heterocycles. The molecule has 1 aromatic carbocycles. The summed E-state index contributed by atoms with van der Waals surface area (Å²) in [4.78, 5) is 7.15. The van der Waals surface area contributed by atoms with Crippen molar-refractivity contribution in [3.8, 4) is 22.8 Å². The lowest BCUT2D eigenvalue weighted by atomic mass is 10.1. The number of nitrogens with zero attached hydrogens (tertiary/aromatic N) is 1. The van der Waals surface area contributed by atoms with Crippen molar-refractivity contribution in [3.63, 3.8) is 0 Å². The minimum Gasteiger partial charge on any atom is -0.454 e. The summed E-state index contributed by atoms with van der Waals surface area (Å²) in [7, 11) is 0. The van der Waals surface area contributed by atoms with Crippen molar-refractivity contribution in [2.75, 3.05) is 6.79 Å². The number of nitrogens with one attached hydrogen (secondary N) is 1. The van der Waals surface area contributed by atoms with Crippen LogP contribution in [0, 0.1) is 0 Å². The van der Waals surface area contributed by atoms with Gasteiger partial charge in [-0.2, -0.15) is 0 Å². The zero-order valence-electron chi connectivity index (χ0n) is 9.34. The number of guanidine groups is 1. The maximum atomic E-state index is 5.36. The minimum absolute atomic E-state index is 0.126. The van der Waals surface area contributed by atoms with Crippen molar-refractivity contribution in [3.05, 3.63) is 23.6 Å². The van der Waals surface area contributed by atoms with E-state index >= 15 is 0 Å². The molecule has 0 radical (unpaired) electrons. The van der Waals surface area contributed by atoms with Gasteiger partial charge in [-0.3, -0.25) is 0 Å². The Morgan fingerprint density at radius 2 is 2.11 bits per heavy atom. The highest BCUT2D eigenvalue weighted by atomic mass is 32.1. The standard InChI is InChI=1S/C11H10N4O2S/c12-10(13)15-11-14-7(4-18-11)6-1-2-8-9(3-6)17-5-16-8/h1-4H,5H2,(H4,12,13,14,15)/p+1. The van der Waals surface area contributed by atoms with E-state index in [1.54, 1.807) is 0 Å². The summed E-state index contributed by atoms with van der Waals surface area (Å²) in [6.07, 6.45) is 0. The molecule has 0 spiro atoms. The van der Waals surface area contributed by atoms with Gasteiger partial charge < -0.3 is 20.9 Å². The van der Waals surface area contributed by atoms with Crippen LogP contribution in [0.25, 0.3) is 11.3 Å². The minimum atomic E-state index is 0.126. The fourth-order valence-electron chi connectivity index (χ4n) is 1.64. The van der Waals surface area contributed by atoms with Crippen LogP contribution in [0.1, 0.15) is 0 Å². The molecule has 0 saturated heterocycles. The average molecular weight is 263 g/mol. The largest absolute Gasteiger partial charge is 0.454 e. The first-order chi connectivity index (χ1) is 8.72. The van der Waals surface area contributed by atoms with E-state index in [1.807, 2.05) is 23.6 Å². The lowest BCUT2D eigenvalue weighted by molar-refractivity contribution is -0.355. The van der Waals surface area contributed by atoms with Gasteiger partial charge in [0.05, 0.1) is 0 Å². The number of ether oxygens (including phenoxy) is 2. The van der Waals surface area contributed by atoms with Crippen LogP contribution in [0.4, 0.5) is 5.13 Å². The van der Waals surface area contributed by atoms with Crippen molar-refractivity contribution >= 4 is 22.4 Å². The van der Waals surface area contributed by atoms with Gasteiger partial charge in [0.1, 0.15) is 5.69 Å². The molecule has 7 heteroatoms. The molecule has 0 saturated carbocycles. The summed E-state index contributed by atoms with van der Waals surface area (Å²) in [6, 6.07) is 5.70. The van der Waals surface area contributed by atoms with Crippen LogP contribution < -0.4 is 25.9 Å². The Kier molecular flexibility index (Phi) is 2.52. The smallest absolute Gasteiger partial charge is 0.303 e. The first kappa shape index (κ1) is 10.8. The van der Waals surface area contributed by atoms with Gasteiger partial charge in [0.15, 0.2) is 11.5 Å². The van der Waals surface area contributed by atoms with Crippen LogP contribution in [-0.2, 0) is 0 Å². The molecular formula is C11H11N4O2S+. The van der Waals surface area contributed by atoms with E-state index < -0.39 is 0 Å². The number of hydrogen-bond acceptors (Lipinski definition) is 4. The monoisotopic (exact) mass is 263 g/mol. The normalized spacial score (nSPS) is 12.4. The van der Waals surface area contributed by atoms with Crippen molar-refractivity contribution < 1.29 is 14.5 Å². The number of thiazole rings is 1. The predicted octanol–water partition coefficient (Wildman–Crippen LogP) is -0.476. The molecule has 0 bridgehead atoms. The number of hydrogen-bond donors (Lipinski definition) is 3. The fourth-order valence-corrected chi connectivity index (χ4v) is 2.38. The number of rotatable bonds is 2. The molecule has 1 aliphatic heterocycles. The first-order valence-corrected chi connectivity index (χ1v) is 6.11. The molecule has 0 atom stereocenters. The highest BCUT2D eigenvalue weighted by Crippen LogP contribution is 2.36. The van der Waals surface area contributed by atoms with E-state index in [4.69, 9.17) is 20.9 Å². The predicted molar refractivity (Wildman–Crippen MR) is 67.7 cm³/mol. The molecule has 0 amide bonds. The Hall–Kier alpha value is -2.28. The molecule has 3 rings (SSSR count). The second-order valence-electron chi connectivity index (χ2n) is 3.69. The molecular weight excluding hydrogens is 252 g/mol. The Morgan fingerprint density at radius 3 is 2.94 bits per heavy atom. The maximum Gasteiger partial charge on any atom is 0.303 e. The van der Waals surface area contributed by atoms with Crippen LogP contribution in [0.5, 0.6) is 11.5 Å². The Labute approximate surface area is 107 Å². The second kappa shape index (κ2) is 4.19. The zero-order chi connectivity index (χ0) is 12.5. The third-order valence-corrected chi connectivity index (χ3v) is 3.18. The summed E-state index contributed by atoms with van der Waals surface area (Å²) in [5.41, 5.74) is 12.5. The van der Waals surface area contributed by atoms with E-state index in [2.05, 4.69) is 9.98 Å². The average Bonchev–Trinajstić information content (AvgIpc) is 2.95. The van der Waals surface area contributed by atoms with Gasteiger partial charge in [0.2, 0.25) is 6.79 Å². The van der Waals surface area contributed by atoms with Gasteiger partial charge in [-0.25, -0.2) is 4.99 Å². The van der Waals surface area contributed by atoms with Gasteiger partial charge in [-0.15, -0.1) is 4.98 Å². The zero-order valence-corrected chi connectivity index (χ0v) is 10.2. The summed E-state index contributed by atoms with van der Waals surface area (Å²) < 4.78 is 10.6. The van der Waals surface area contributed by atoms with Crippen molar-refractivity contribution in [2.45, 2.75) is 0 Å². The van der Waals surface area contributed by atoms with Crippen molar-refractivity contribution in [1.29, 1.82) is 0 Å². The van der Waals surface area contributed by atoms with Crippen LogP contribution in [0.15, 0.2) is 23.6 Å². The Balaban J connectivity index is 1.95. The molecule has 1 aromatic heterocycles. The summed E-state index contributed by atoms with van der Waals surface area (Å²) in [5.74, 6) is 1.62. The molecule has 0 unspecified atom stereocenters. The van der Waals surface area contributed by atoms with Gasteiger partial charge >= 0.3 is 5.96 Å². The second-order valence-corrected chi connectivity index (χ2v) is 4.54. The number of fused-ring (bicyclic) bond motifs is 1. The van der Waals surface area contributed by atoms with Crippen LogP contribution in [0.3, 0.4) is 0 Å². The summed E-state index contributed by atoms with van der Waals surface area (Å²) in [6.45, 7) is 0.265. The molecule has 5 N–H and O–H groups in total. The van der Waals surface area contributed by atoms with Gasteiger partial charge in [0.25, 0.3) is 5.13 Å². The van der Waals surface area contributed by atoms with Gasteiger partial charge in [0, 0.05) is 10.9 Å². The first-order valence-electron chi connectivity index (χ1n) is 5.23. The lowest BCUT2D eigenvalue weighted by Gasteiger charge is -1.97. The van der Waals surface area contributed by atoms with Crippen LogP contribution >= 0.6 is 11.3 Å². The van der Waals surface area contributed by atoms with E-state index in [9.17, 15) is 0 Å². The molecule has 1 aliphatic rings. The van der Waals surface area contributed by atoms with E-state index in [-0.39, 0.29) is 12.8 Å². The lowest BCUT2D eigenvalue weighted by Crippen LogP contribution is -2.72. The SMILES string of the molecule is NC(N)=[NH+]c1nc(-c2ccc3c(c2)OCO3)cs1. The van der Waals surface area contributed by atoms with Crippen LogP contribution in [-0.4, -0.2) is 17.7 Å². The van der Waals surface area contributed by atoms with Crippen LogP contribution in [0.2, 0.25) is 0 Å². The van der Waals surface area contributed by atoms with E-state index in [0.717, 1.165) is 22.8 Å². The summed E-state index contributed by atoms with van der Waals surface area (Å²) in [5, 5.41) is 2.57. The third-order valence-electron chi connectivity index (χ3n) is 2.42. The quantitative estimate of drug-likeness (QED) is 0.502. The summed E-state index contributed by atoms with van der Waals surface area (Å²) >= 11 is 1.43. The number of benzene rings is 1. The highest BCUT2D eigenvalue weighted by molar-refractivity contribution is 7.13. The molecule has 0 aliphatic carbocycles. The van der Waals surface area contributed by atoms with Gasteiger partial charge in [-0.1, -0.05) is 11.3 Å². The molecule has 0 fully saturated rings. The van der Waals surface area contributed by atoms with Gasteiger partial charge in [-0.05, 0) is 18.2 Å². The third kappa shape index (κ3) is 1.95. The van der Waals surface area contributed by atoms with Crippen molar-refractivity contribution in [1.82, 2.24) is 4.98 Å². The molecule has 2 aromatic rings. The molecule has 92 valence electrons. The maximum absolute atomic E-state index is 5.36. The highest BCUT2D eigenvalue weighted by Gasteiger charge is 2.16. The Bertz CT molecular complexity index is 619. The van der Waals surface area contributed by atoms with Crippen molar-refractivity contribution in [2.24, 2.45) is 11.5 Å². The molecule has 18 heavy (non-hydrogen) atoms. The van der Waals surface area contributed by atoms with E-state index in [0.29, 0.717) is 5.13 Å².